The first-order chi connectivity index (χ1) is 12.2. The van der Waals surface area contributed by atoms with Crippen molar-refractivity contribution in [2.24, 2.45) is 7.05 Å². The molecule has 1 aliphatic heterocycles. The number of rotatable bonds is 3. The Balaban J connectivity index is 1.78. The van der Waals surface area contributed by atoms with Gasteiger partial charge in [-0.05, 0) is 25.2 Å². The lowest BCUT2D eigenvalue weighted by Gasteiger charge is -2.33. The van der Waals surface area contributed by atoms with Gasteiger partial charge in [0, 0.05) is 56.7 Å². The minimum Gasteiger partial charge on any atom is -0.495 e. The maximum atomic E-state index is 5.32. The van der Waals surface area contributed by atoms with E-state index in [2.05, 4.69) is 51.8 Å². The third kappa shape index (κ3) is 2.93. The van der Waals surface area contributed by atoms with Crippen LogP contribution >= 0.6 is 0 Å². The number of piperazine rings is 1. The highest BCUT2D eigenvalue weighted by atomic mass is 16.5. The summed E-state index contributed by atoms with van der Waals surface area (Å²) in [6.07, 6.45) is 5.70. The highest BCUT2D eigenvalue weighted by molar-refractivity contribution is 5.94. The first kappa shape index (κ1) is 15.9. The van der Waals surface area contributed by atoms with Gasteiger partial charge in [0.15, 0.2) is 0 Å². The summed E-state index contributed by atoms with van der Waals surface area (Å²) in [5.74, 6) is 1.80. The van der Waals surface area contributed by atoms with Gasteiger partial charge in [-0.1, -0.05) is 0 Å². The van der Waals surface area contributed by atoms with Gasteiger partial charge in [-0.15, -0.1) is 0 Å². The van der Waals surface area contributed by atoms with Gasteiger partial charge in [-0.3, -0.25) is 4.98 Å². The molecule has 0 atom stereocenters. The monoisotopic (exact) mass is 337 g/mol. The van der Waals surface area contributed by atoms with Crippen LogP contribution in [0.4, 0.5) is 5.82 Å². The van der Waals surface area contributed by atoms with Crippen LogP contribution in [0.2, 0.25) is 0 Å². The molecule has 25 heavy (non-hydrogen) atoms. The molecule has 0 aliphatic carbocycles. The van der Waals surface area contributed by atoms with Crippen LogP contribution in [0.15, 0.2) is 36.8 Å². The van der Waals surface area contributed by atoms with Gasteiger partial charge in [-0.25, -0.2) is 4.98 Å². The second kappa shape index (κ2) is 6.37. The van der Waals surface area contributed by atoms with Crippen molar-refractivity contribution in [3.63, 3.8) is 0 Å². The number of aryl methyl sites for hydroxylation is 1. The molecule has 0 aromatic carbocycles. The van der Waals surface area contributed by atoms with E-state index in [-0.39, 0.29) is 0 Å². The Kier molecular flexibility index (Phi) is 4.05. The van der Waals surface area contributed by atoms with Crippen molar-refractivity contribution in [3.05, 3.63) is 36.8 Å². The summed E-state index contributed by atoms with van der Waals surface area (Å²) in [7, 11) is 5.88. The molecule has 0 radical (unpaired) electrons. The van der Waals surface area contributed by atoms with Crippen molar-refractivity contribution in [1.29, 1.82) is 0 Å². The molecule has 3 aromatic rings. The molecule has 4 rings (SSSR count). The number of fused-ring (bicyclic) bond motifs is 1. The Morgan fingerprint density at radius 1 is 1.04 bits per heavy atom. The maximum absolute atomic E-state index is 5.32. The van der Waals surface area contributed by atoms with Crippen LogP contribution in [0.1, 0.15) is 0 Å². The Labute approximate surface area is 147 Å². The third-order valence-electron chi connectivity index (χ3n) is 4.90. The smallest absolute Gasteiger partial charge is 0.137 e. The Morgan fingerprint density at radius 3 is 2.60 bits per heavy atom. The van der Waals surface area contributed by atoms with E-state index >= 15 is 0 Å². The number of nitrogens with zero attached hydrogens (tertiary/aromatic N) is 5. The molecule has 0 bridgehead atoms. The quantitative estimate of drug-likeness (QED) is 0.734. The van der Waals surface area contributed by atoms with Crippen LogP contribution in [0.25, 0.3) is 22.2 Å². The summed E-state index contributed by atoms with van der Waals surface area (Å²) in [5.41, 5.74) is 4.23. The number of likely N-dealkylation sites (N-methyl/N-ethyl adjacent to an activating group) is 1. The third-order valence-corrected chi connectivity index (χ3v) is 4.90. The second-order valence-electron chi connectivity index (χ2n) is 6.59. The number of anilines is 1. The molecule has 0 unspecified atom stereocenters. The van der Waals surface area contributed by atoms with Crippen molar-refractivity contribution in [2.75, 3.05) is 45.2 Å². The molecule has 6 nitrogen and oxygen atoms in total. The van der Waals surface area contributed by atoms with Gasteiger partial charge >= 0.3 is 0 Å². The number of hydrogen-bond acceptors (Lipinski definition) is 5. The highest BCUT2D eigenvalue weighted by Gasteiger charge is 2.18. The highest BCUT2D eigenvalue weighted by Crippen LogP contribution is 2.31. The molecule has 6 heteroatoms. The Hall–Kier alpha value is -2.60. The summed E-state index contributed by atoms with van der Waals surface area (Å²) in [5, 5.41) is 0. The average Bonchev–Trinajstić information content (AvgIpc) is 2.98. The summed E-state index contributed by atoms with van der Waals surface area (Å²) >= 11 is 0. The molecule has 4 heterocycles. The first-order valence-electron chi connectivity index (χ1n) is 8.54. The fraction of sp³-hybridized carbons (Fsp3) is 0.368. The number of hydrogen-bond donors (Lipinski definition) is 0. The largest absolute Gasteiger partial charge is 0.495 e. The molecule has 130 valence electrons. The fourth-order valence-corrected chi connectivity index (χ4v) is 3.35. The Bertz CT molecular complexity index is 896. The molecule has 1 fully saturated rings. The van der Waals surface area contributed by atoms with E-state index in [1.165, 1.54) is 0 Å². The SMILES string of the molecule is COc1cncc(-c2cn(C)c3ccc(N4CCN(C)CC4)nc23)c1. The molecule has 3 aromatic heterocycles. The number of aromatic nitrogens is 3. The van der Waals surface area contributed by atoms with Crippen molar-refractivity contribution in [1.82, 2.24) is 19.4 Å². The molecule has 0 saturated carbocycles. The maximum Gasteiger partial charge on any atom is 0.137 e. The van der Waals surface area contributed by atoms with Gasteiger partial charge in [-0.2, -0.15) is 0 Å². The van der Waals surface area contributed by atoms with Crippen LogP contribution in [-0.4, -0.2) is 59.8 Å². The van der Waals surface area contributed by atoms with E-state index in [4.69, 9.17) is 9.72 Å². The van der Waals surface area contributed by atoms with Gasteiger partial charge < -0.3 is 19.1 Å². The van der Waals surface area contributed by atoms with Crippen LogP contribution in [0.3, 0.4) is 0 Å². The average molecular weight is 337 g/mol. The predicted octanol–water partition coefficient (Wildman–Crippen LogP) is 2.40. The van der Waals surface area contributed by atoms with Crippen LogP contribution < -0.4 is 9.64 Å². The molecule has 0 spiro atoms. The van der Waals surface area contributed by atoms with Crippen LogP contribution in [-0.2, 0) is 7.05 Å². The zero-order valence-electron chi connectivity index (χ0n) is 14.9. The van der Waals surface area contributed by atoms with Crippen LogP contribution in [0, 0.1) is 0 Å². The second-order valence-corrected chi connectivity index (χ2v) is 6.59. The molecule has 1 aliphatic rings. The van der Waals surface area contributed by atoms with Crippen molar-refractivity contribution in [3.8, 4) is 16.9 Å². The van der Waals surface area contributed by atoms with Gasteiger partial charge in [0.1, 0.15) is 11.6 Å². The van der Waals surface area contributed by atoms with Gasteiger partial charge in [0.05, 0.1) is 24.3 Å². The molecular formula is C19H23N5O. The van der Waals surface area contributed by atoms with Crippen LogP contribution in [0.5, 0.6) is 5.75 Å². The summed E-state index contributed by atoms with van der Waals surface area (Å²) < 4.78 is 7.44. The van der Waals surface area contributed by atoms with Gasteiger partial charge in [0.2, 0.25) is 0 Å². The summed E-state index contributed by atoms with van der Waals surface area (Å²) in [6, 6.07) is 6.29. The fourth-order valence-electron chi connectivity index (χ4n) is 3.35. The Morgan fingerprint density at radius 2 is 1.84 bits per heavy atom. The zero-order valence-corrected chi connectivity index (χ0v) is 14.9. The van der Waals surface area contributed by atoms with Gasteiger partial charge in [0.25, 0.3) is 0 Å². The van der Waals surface area contributed by atoms with E-state index < -0.39 is 0 Å². The summed E-state index contributed by atoms with van der Waals surface area (Å²) in [6.45, 7) is 4.16. The molecule has 1 saturated heterocycles. The predicted molar refractivity (Wildman–Crippen MR) is 100 cm³/mol. The lowest BCUT2D eigenvalue weighted by atomic mass is 10.1. The van der Waals surface area contributed by atoms with E-state index in [0.717, 1.165) is 59.9 Å². The lowest BCUT2D eigenvalue weighted by molar-refractivity contribution is 0.312. The molecular weight excluding hydrogens is 314 g/mol. The standard InChI is InChI=1S/C19H23N5O/c1-22-6-8-24(9-7-22)18-5-4-17-19(21-18)16(13-23(17)2)14-10-15(25-3)12-20-11-14/h4-5,10-13H,6-9H2,1-3H3. The topological polar surface area (TPSA) is 46.4 Å². The van der Waals surface area contributed by atoms with E-state index in [0.29, 0.717) is 0 Å². The number of ether oxygens (including phenoxy) is 1. The number of pyridine rings is 2. The molecule has 0 amide bonds. The van der Waals surface area contributed by atoms with Crippen molar-refractivity contribution >= 4 is 16.9 Å². The number of methoxy groups -OCH3 is 1. The zero-order chi connectivity index (χ0) is 17.4. The minimum absolute atomic E-state index is 0.754. The van der Waals surface area contributed by atoms with E-state index in [9.17, 15) is 0 Å². The molecule has 0 N–H and O–H groups in total. The van der Waals surface area contributed by atoms with Crippen molar-refractivity contribution < 1.29 is 4.74 Å². The summed E-state index contributed by atoms with van der Waals surface area (Å²) in [4.78, 5) is 14.0. The normalized spacial score (nSPS) is 15.7. The van der Waals surface area contributed by atoms with E-state index in [1.807, 2.05) is 12.3 Å². The minimum atomic E-state index is 0.754. The first-order valence-corrected chi connectivity index (χ1v) is 8.54. The lowest BCUT2D eigenvalue weighted by Crippen LogP contribution is -2.44. The van der Waals surface area contributed by atoms with Crippen molar-refractivity contribution in [2.45, 2.75) is 0 Å². The van der Waals surface area contributed by atoms with E-state index in [1.54, 1.807) is 13.3 Å².